The molecule has 0 unspecified atom stereocenters. The van der Waals surface area contributed by atoms with Gasteiger partial charge < -0.3 is 5.32 Å². The van der Waals surface area contributed by atoms with Crippen molar-refractivity contribution in [3.63, 3.8) is 0 Å². The number of benzene rings is 3. The van der Waals surface area contributed by atoms with Gasteiger partial charge in [0.25, 0.3) is 5.91 Å². The zero-order chi connectivity index (χ0) is 21.3. The second-order valence-corrected chi connectivity index (χ2v) is 8.55. The number of aromatic nitrogens is 1. The summed E-state index contributed by atoms with van der Waals surface area (Å²) in [4.78, 5) is 16.7. The molecule has 0 aliphatic rings. The Morgan fingerprint density at radius 1 is 0.933 bits per heavy atom. The van der Waals surface area contributed by atoms with Crippen molar-refractivity contribution >= 4 is 32.4 Å². The number of nitrogens with two attached hydrogens (primary N) is 1. The van der Waals surface area contributed by atoms with E-state index in [0.717, 1.165) is 27.5 Å². The first kappa shape index (κ1) is 19.8. The van der Waals surface area contributed by atoms with E-state index in [1.807, 2.05) is 49.5 Å². The summed E-state index contributed by atoms with van der Waals surface area (Å²) in [5, 5.41) is 10.1. The normalized spacial score (nSPS) is 11.4. The van der Waals surface area contributed by atoms with Gasteiger partial charge in [-0.05, 0) is 77.5 Å². The number of fused-ring (bicyclic) bond motifs is 1. The van der Waals surface area contributed by atoms with Gasteiger partial charge in [0, 0.05) is 29.0 Å². The maximum atomic E-state index is 12.6. The van der Waals surface area contributed by atoms with Crippen molar-refractivity contribution in [2.75, 3.05) is 5.32 Å². The summed E-state index contributed by atoms with van der Waals surface area (Å²) in [7, 11) is -3.80. The maximum absolute atomic E-state index is 12.6. The molecule has 1 aromatic heterocycles. The van der Waals surface area contributed by atoms with Gasteiger partial charge >= 0.3 is 0 Å². The number of aryl methyl sites for hydroxylation is 1. The number of nitrogens with one attached hydrogen (secondary N) is 1. The fourth-order valence-corrected chi connectivity index (χ4v) is 3.78. The van der Waals surface area contributed by atoms with Crippen molar-refractivity contribution in [1.29, 1.82) is 0 Å². The molecule has 4 rings (SSSR count). The molecule has 30 heavy (non-hydrogen) atoms. The van der Waals surface area contributed by atoms with E-state index in [1.165, 1.54) is 24.3 Å². The lowest BCUT2D eigenvalue weighted by Gasteiger charge is -2.12. The van der Waals surface area contributed by atoms with Gasteiger partial charge in [0.15, 0.2) is 0 Å². The average Bonchev–Trinajstić information content (AvgIpc) is 2.74. The van der Waals surface area contributed by atoms with E-state index < -0.39 is 10.0 Å². The lowest BCUT2D eigenvalue weighted by molar-refractivity contribution is 0.102. The summed E-state index contributed by atoms with van der Waals surface area (Å²) >= 11 is 0. The minimum atomic E-state index is -3.80. The van der Waals surface area contributed by atoms with Gasteiger partial charge in [-0.1, -0.05) is 18.2 Å². The number of hydrogen-bond donors (Lipinski definition) is 2. The zero-order valence-corrected chi connectivity index (χ0v) is 17.0. The van der Waals surface area contributed by atoms with Crippen molar-refractivity contribution < 1.29 is 13.2 Å². The molecule has 0 saturated heterocycles. The fourth-order valence-electron chi connectivity index (χ4n) is 3.26. The third-order valence-electron chi connectivity index (χ3n) is 4.89. The molecule has 3 aromatic carbocycles. The number of amides is 1. The molecule has 1 amide bonds. The molecule has 3 N–H and O–H groups in total. The molecule has 0 aliphatic heterocycles. The minimum Gasteiger partial charge on any atom is -0.322 e. The maximum Gasteiger partial charge on any atom is 0.255 e. The number of nitrogens with zero attached hydrogens (tertiary/aromatic N) is 1. The molecule has 0 fully saturated rings. The van der Waals surface area contributed by atoms with Crippen LogP contribution in [0.1, 0.15) is 15.9 Å². The van der Waals surface area contributed by atoms with Gasteiger partial charge in [-0.15, -0.1) is 0 Å². The molecule has 0 radical (unpaired) electrons. The van der Waals surface area contributed by atoms with Crippen molar-refractivity contribution in [1.82, 2.24) is 4.98 Å². The molecule has 7 heteroatoms. The Morgan fingerprint density at radius 3 is 2.43 bits per heavy atom. The molecule has 0 bridgehead atoms. The largest absolute Gasteiger partial charge is 0.322 e. The van der Waals surface area contributed by atoms with Gasteiger partial charge in [0.05, 0.1) is 4.90 Å². The predicted octanol–water partition coefficient (Wildman–Crippen LogP) is 4.11. The van der Waals surface area contributed by atoms with Gasteiger partial charge in [-0.2, -0.15) is 0 Å². The van der Waals surface area contributed by atoms with Crippen LogP contribution in [0.25, 0.3) is 21.9 Å². The summed E-state index contributed by atoms with van der Waals surface area (Å²) in [6, 6.07) is 19.3. The fraction of sp³-hybridized carbons (Fsp3) is 0.0435. The number of sulfonamides is 1. The van der Waals surface area contributed by atoms with E-state index in [9.17, 15) is 13.2 Å². The van der Waals surface area contributed by atoms with Crippen LogP contribution in [0.15, 0.2) is 84.0 Å². The molecule has 0 saturated carbocycles. The van der Waals surface area contributed by atoms with E-state index in [-0.39, 0.29) is 10.8 Å². The van der Waals surface area contributed by atoms with Crippen LogP contribution in [-0.4, -0.2) is 19.3 Å². The average molecular weight is 417 g/mol. The first-order valence-electron chi connectivity index (χ1n) is 9.20. The first-order chi connectivity index (χ1) is 14.3. The SMILES string of the molecule is Cc1ccc(NC(=O)c2ccc(S(N)(=O)=O)cc2)cc1-c1ccc2ccncc2c1. The summed E-state index contributed by atoms with van der Waals surface area (Å²) in [5.74, 6) is -0.339. The molecule has 150 valence electrons. The van der Waals surface area contributed by atoms with Crippen molar-refractivity contribution in [2.45, 2.75) is 11.8 Å². The Kier molecular flexibility index (Phi) is 5.07. The van der Waals surface area contributed by atoms with Crippen LogP contribution in [-0.2, 0) is 10.0 Å². The molecule has 1 heterocycles. The van der Waals surface area contributed by atoms with E-state index in [4.69, 9.17) is 5.14 Å². The van der Waals surface area contributed by atoms with Crippen LogP contribution in [0.4, 0.5) is 5.69 Å². The van der Waals surface area contributed by atoms with E-state index in [2.05, 4.69) is 16.4 Å². The minimum absolute atomic E-state index is 0.0394. The highest BCUT2D eigenvalue weighted by atomic mass is 32.2. The van der Waals surface area contributed by atoms with Gasteiger partial charge in [-0.25, -0.2) is 13.6 Å². The van der Waals surface area contributed by atoms with Gasteiger partial charge in [0.2, 0.25) is 10.0 Å². The molecule has 0 spiro atoms. The molecular formula is C23H19N3O3S. The second-order valence-electron chi connectivity index (χ2n) is 6.99. The highest BCUT2D eigenvalue weighted by Gasteiger charge is 2.12. The summed E-state index contributed by atoms with van der Waals surface area (Å²) in [6.45, 7) is 2.01. The Bertz CT molecular complexity index is 1360. The Balaban J connectivity index is 1.62. The predicted molar refractivity (Wildman–Crippen MR) is 118 cm³/mol. The Labute approximate surface area is 174 Å². The standard InChI is InChI=1S/C23H19N3O3S/c1-15-2-7-20(26-23(27)17-5-8-21(9-6-17)30(24,28)29)13-22(15)18-4-3-16-10-11-25-14-19(16)12-18/h2-14H,1H3,(H,26,27)(H2,24,28,29). The van der Waals surface area contributed by atoms with Crippen LogP contribution in [0.3, 0.4) is 0 Å². The van der Waals surface area contributed by atoms with Crippen LogP contribution in [0.5, 0.6) is 0 Å². The quantitative estimate of drug-likeness (QED) is 0.522. The van der Waals surface area contributed by atoms with Crippen LogP contribution in [0.2, 0.25) is 0 Å². The third-order valence-corrected chi connectivity index (χ3v) is 5.82. The molecular weight excluding hydrogens is 398 g/mol. The number of anilines is 1. The Hall–Kier alpha value is -3.55. The molecule has 0 atom stereocenters. The number of primary sulfonamides is 1. The second kappa shape index (κ2) is 7.70. The monoisotopic (exact) mass is 417 g/mol. The van der Waals surface area contributed by atoms with Crippen molar-refractivity contribution in [3.05, 3.63) is 90.3 Å². The van der Waals surface area contributed by atoms with Crippen LogP contribution in [0, 0.1) is 6.92 Å². The summed E-state index contributed by atoms with van der Waals surface area (Å²) in [5.41, 5.74) is 4.09. The first-order valence-corrected chi connectivity index (χ1v) is 10.7. The highest BCUT2D eigenvalue weighted by molar-refractivity contribution is 7.89. The Morgan fingerprint density at radius 2 is 1.70 bits per heavy atom. The number of carbonyl (C=O) groups excluding carboxylic acids is 1. The lowest BCUT2D eigenvalue weighted by atomic mass is 9.98. The number of pyridine rings is 1. The van der Waals surface area contributed by atoms with Crippen molar-refractivity contribution in [3.8, 4) is 11.1 Å². The van der Waals surface area contributed by atoms with Gasteiger partial charge in [-0.3, -0.25) is 9.78 Å². The zero-order valence-electron chi connectivity index (χ0n) is 16.2. The van der Waals surface area contributed by atoms with Crippen LogP contribution < -0.4 is 10.5 Å². The van der Waals surface area contributed by atoms with E-state index in [0.29, 0.717) is 11.3 Å². The van der Waals surface area contributed by atoms with Crippen LogP contribution >= 0.6 is 0 Å². The summed E-state index contributed by atoms with van der Waals surface area (Å²) in [6.07, 6.45) is 3.59. The van der Waals surface area contributed by atoms with Crippen molar-refractivity contribution in [2.24, 2.45) is 5.14 Å². The van der Waals surface area contributed by atoms with Gasteiger partial charge in [0.1, 0.15) is 0 Å². The van der Waals surface area contributed by atoms with E-state index >= 15 is 0 Å². The number of rotatable bonds is 4. The van der Waals surface area contributed by atoms with E-state index in [1.54, 1.807) is 6.20 Å². The lowest BCUT2D eigenvalue weighted by Crippen LogP contribution is -2.14. The number of hydrogen-bond acceptors (Lipinski definition) is 4. The summed E-state index contributed by atoms with van der Waals surface area (Å²) < 4.78 is 22.7. The third kappa shape index (κ3) is 4.07. The highest BCUT2D eigenvalue weighted by Crippen LogP contribution is 2.29. The molecule has 6 nitrogen and oxygen atoms in total. The molecule has 4 aromatic rings. The molecule has 0 aliphatic carbocycles. The smallest absolute Gasteiger partial charge is 0.255 e. The topological polar surface area (TPSA) is 102 Å². The number of carbonyl (C=O) groups is 1.